The van der Waals surface area contributed by atoms with Crippen LogP contribution < -0.4 is 0 Å². The quantitative estimate of drug-likeness (QED) is 0.729. The fourth-order valence-corrected chi connectivity index (χ4v) is 1.65. The first-order chi connectivity index (χ1) is 7.47. The van der Waals surface area contributed by atoms with Crippen molar-refractivity contribution in [2.45, 2.75) is 12.7 Å². The molecule has 0 spiro atoms. The third kappa shape index (κ3) is 2.32. The molecule has 1 saturated heterocycles. The van der Waals surface area contributed by atoms with Crippen LogP contribution in [0, 0.1) is 11.7 Å². The third-order valence-electron chi connectivity index (χ3n) is 2.63. The van der Waals surface area contributed by atoms with Gasteiger partial charge in [-0.3, -0.25) is 9.88 Å². The van der Waals surface area contributed by atoms with Crippen LogP contribution >= 0.6 is 0 Å². The zero-order chi connectivity index (χ0) is 11.8. The lowest BCUT2D eigenvalue weighted by Crippen LogP contribution is -2.52. The van der Waals surface area contributed by atoms with Gasteiger partial charge in [-0.2, -0.15) is 13.2 Å². The predicted octanol–water partition coefficient (Wildman–Crippen LogP) is 2.21. The van der Waals surface area contributed by atoms with Gasteiger partial charge in [0, 0.05) is 25.8 Å². The summed E-state index contributed by atoms with van der Waals surface area (Å²) in [4.78, 5) is 5.32. The van der Waals surface area contributed by atoms with Crippen LogP contribution in [-0.4, -0.2) is 29.1 Å². The second-order valence-electron chi connectivity index (χ2n) is 3.86. The SMILES string of the molecule is Fc1cccnc1CN1CC(C(F)(F)F)C1. The second kappa shape index (κ2) is 4.01. The van der Waals surface area contributed by atoms with Crippen molar-refractivity contribution >= 4 is 0 Å². The smallest absolute Gasteiger partial charge is 0.296 e. The Bertz CT molecular complexity index is 371. The lowest BCUT2D eigenvalue weighted by atomic mass is 9.99. The Hall–Kier alpha value is -1.17. The van der Waals surface area contributed by atoms with Crippen molar-refractivity contribution < 1.29 is 17.6 Å². The van der Waals surface area contributed by atoms with Gasteiger partial charge in [-0.15, -0.1) is 0 Å². The molecule has 0 radical (unpaired) electrons. The van der Waals surface area contributed by atoms with Crippen LogP contribution in [0.1, 0.15) is 5.69 Å². The summed E-state index contributed by atoms with van der Waals surface area (Å²) in [5.74, 6) is -1.75. The van der Waals surface area contributed by atoms with Gasteiger partial charge in [0.05, 0.1) is 11.6 Å². The van der Waals surface area contributed by atoms with Crippen LogP contribution in [-0.2, 0) is 6.54 Å². The minimum Gasteiger partial charge on any atom is -0.296 e. The number of aromatic nitrogens is 1. The summed E-state index contributed by atoms with van der Waals surface area (Å²) in [6.45, 7) is -0.00170. The highest BCUT2D eigenvalue weighted by Crippen LogP contribution is 2.33. The molecule has 2 nitrogen and oxygen atoms in total. The van der Waals surface area contributed by atoms with E-state index in [9.17, 15) is 17.6 Å². The van der Waals surface area contributed by atoms with E-state index in [1.807, 2.05) is 0 Å². The molecule has 0 atom stereocenters. The van der Waals surface area contributed by atoms with Gasteiger partial charge < -0.3 is 0 Å². The first kappa shape index (κ1) is 11.3. The van der Waals surface area contributed by atoms with Gasteiger partial charge in [0.2, 0.25) is 0 Å². The molecule has 6 heteroatoms. The van der Waals surface area contributed by atoms with E-state index >= 15 is 0 Å². The summed E-state index contributed by atoms with van der Waals surface area (Å²) < 4.78 is 49.7. The highest BCUT2D eigenvalue weighted by molar-refractivity contribution is 5.07. The zero-order valence-electron chi connectivity index (χ0n) is 8.34. The molecule has 0 amide bonds. The van der Waals surface area contributed by atoms with Crippen LogP contribution in [0.15, 0.2) is 18.3 Å². The van der Waals surface area contributed by atoms with Gasteiger partial charge in [0.1, 0.15) is 5.82 Å². The van der Waals surface area contributed by atoms with E-state index in [-0.39, 0.29) is 25.3 Å². The summed E-state index contributed by atoms with van der Waals surface area (Å²) in [6.07, 6.45) is -2.71. The Morgan fingerprint density at radius 2 is 2.06 bits per heavy atom. The lowest BCUT2D eigenvalue weighted by molar-refractivity contribution is -0.210. The van der Waals surface area contributed by atoms with Crippen LogP contribution in [0.3, 0.4) is 0 Å². The summed E-state index contributed by atoms with van der Waals surface area (Å²) >= 11 is 0. The van der Waals surface area contributed by atoms with Gasteiger partial charge >= 0.3 is 6.18 Å². The third-order valence-corrected chi connectivity index (χ3v) is 2.63. The molecule has 2 rings (SSSR count). The Labute approximate surface area is 89.9 Å². The maximum absolute atomic E-state index is 13.1. The number of hydrogen-bond donors (Lipinski definition) is 0. The minimum atomic E-state index is -4.14. The zero-order valence-corrected chi connectivity index (χ0v) is 8.34. The average Bonchev–Trinajstić information content (AvgIpc) is 2.11. The van der Waals surface area contributed by atoms with Crippen molar-refractivity contribution in [2.24, 2.45) is 5.92 Å². The summed E-state index contributed by atoms with van der Waals surface area (Å²) in [7, 11) is 0. The largest absolute Gasteiger partial charge is 0.394 e. The lowest BCUT2D eigenvalue weighted by Gasteiger charge is -2.39. The van der Waals surface area contributed by atoms with E-state index in [2.05, 4.69) is 4.98 Å². The van der Waals surface area contributed by atoms with E-state index < -0.39 is 17.9 Å². The van der Waals surface area contributed by atoms with E-state index in [4.69, 9.17) is 0 Å². The highest BCUT2D eigenvalue weighted by atomic mass is 19.4. The molecule has 0 saturated carbocycles. The first-order valence-corrected chi connectivity index (χ1v) is 4.85. The summed E-state index contributed by atoms with van der Waals surface area (Å²) in [5, 5.41) is 0. The molecule has 88 valence electrons. The molecule has 0 aliphatic carbocycles. The molecule has 0 unspecified atom stereocenters. The Balaban J connectivity index is 1.89. The van der Waals surface area contributed by atoms with Crippen molar-refractivity contribution in [1.29, 1.82) is 0 Å². The van der Waals surface area contributed by atoms with Crippen molar-refractivity contribution in [3.63, 3.8) is 0 Å². The molecule has 0 bridgehead atoms. The summed E-state index contributed by atoms with van der Waals surface area (Å²) in [5.41, 5.74) is 0.197. The monoisotopic (exact) mass is 234 g/mol. The van der Waals surface area contributed by atoms with Gasteiger partial charge in [0.15, 0.2) is 0 Å². The molecule has 1 aliphatic heterocycles. The number of likely N-dealkylation sites (tertiary alicyclic amines) is 1. The maximum atomic E-state index is 13.1. The Morgan fingerprint density at radius 1 is 1.38 bits per heavy atom. The molecule has 0 aromatic carbocycles. The fraction of sp³-hybridized carbons (Fsp3) is 0.500. The fourth-order valence-electron chi connectivity index (χ4n) is 1.65. The van der Waals surface area contributed by atoms with Gasteiger partial charge in [-0.25, -0.2) is 4.39 Å². The number of hydrogen-bond acceptors (Lipinski definition) is 2. The number of pyridine rings is 1. The molecule has 1 aliphatic rings. The van der Waals surface area contributed by atoms with Crippen molar-refractivity contribution in [3.05, 3.63) is 29.8 Å². The van der Waals surface area contributed by atoms with Gasteiger partial charge in [-0.1, -0.05) is 0 Å². The summed E-state index contributed by atoms with van der Waals surface area (Å²) in [6, 6.07) is 2.71. The van der Waals surface area contributed by atoms with Crippen LogP contribution in [0.5, 0.6) is 0 Å². The molecule has 2 heterocycles. The van der Waals surface area contributed by atoms with Crippen LogP contribution in [0.25, 0.3) is 0 Å². The van der Waals surface area contributed by atoms with Gasteiger partial charge in [-0.05, 0) is 12.1 Å². The topological polar surface area (TPSA) is 16.1 Å². The average molecular weight is 234 g/mol. The van der Waals surface area contributed by atoms with E-state index in [1.54, 1.807) is 0 Å². The van der Waals surface area contributed by atoms with E-state index in [0.29, 0.717) is 0 Å². The number of nitrogens with zero attached hydrogens (tertiary/aromatic N) is 2. The van der Waals surface area contributed by atoms with Crippen molar-refractivity contribution in [3.8, 4) is 0 Å². The Kier molecular flexibility index (Phi) is 2.84. The minimum absolute atomic E-state index is 0.0699. The van der Waals surface area contributed by atoms with Crippen LogP contribution in [0.2, 0.25) is 0 Å². The normalized spacial score (nSPS) is 18.5. The predicted molar refractivity (Wildman–Crippen MR) is 49.0 cm³/mol. The van der Waals surface area contributed by atoms with Crippen molar-refractivity contribution in [1.82, 2.24) is 9.88 Å². The van der Waals surface area contributed by atoms with E-state index in [0.717, 1.165) is 0 Å². The van der Waals surface area contributed by atoms with Gasteiger partial charge in [0.25, 0.3) is 0 Å². The molecule has 16 heavy (non-hydrogen) atoms. The molecule has 1 aromatic rings. The van der Waals surface area contributed by atoms with E-state index in [1.165, 1.54) is 23.2 Å². The highest BCUT2D eigenvalue weighted by Gasteiger charge is 2.47. The first-order valence-electron chi connectivity index (χ1n) is 4.85. The Morgan fingerprint density at radius 3 is 2.62 bits per heavy atom. The van der Waals surface area contributed by atoms with Crippen molar-refractivity contribution in [2.75, 3.05) is 13.1 Å². The standard InChI is InChI=1S/C10H10F4N2/c11-8-2-1-3-15-9(8)6-16-4-7(5-16)10(12,13)14/h1-3,7H,4-6H2. The number of halogens is 4. The number of rotatable bonds is 2. The van der Waals surface area contributed by atoms with Crippen LogP contribution in [0.4, 0.5) is 17.6 Å². The second-order valence-corrected chi connectivity index (χ2v) is 3.86. The maximum Gasteiger partial charge on any atom is 0.394 e. The molecule has 0 N–H and O–H groups in total. The molecular formula is C10H10F4N2. The molecule has 1 aromatic heterocycles. The molecular weight excluding hydrogens is 224 g/mol. The molecule has 1 fully saturated rings. The number of alkyl halides is 3.